The van der Waals surface area contributed by atoms with E-state index < -0.39 is 18.4 Å². The molecule has 106 valence electrons. The Balaban J connectivity index is 2.08. The van der Waals surface area contributed by atoms with Crippen LogP contribution in [0.3, 0.4) is 0 Å². The van der Waals surface area contributed by atoms with Crippen molar-refractivity contribution in [1.82, 2.24) is 9.88 Å². The molecule has 1 amide bonds. The zero-order valence-corrected chi connectivity index (χ0v) is 11.9. The quantitative estimate of drug-likeness (QED) is 0.831. The number of ether oxygens (including phenoxy) is 1. The van der Waals surface area contributed by atoms with Gasteiger partial charge in [0.1, 0.15) is 16.8 Å². The van der Waals surface area contributed by atoms with Gasteiger partial charge in [0.25, 0.3) is 0 Å². The molecule has 1 saturated heterocycles. The minimum atomic E-state index is -1.44. The lowest BCUT2D eigenvalue weighted by Gasteiger charge is -2.33. The van der Waals surface area contributed by atoms with Crippen molar-refractivity contribution in [3.05, 3.63) is 22.4 Å². The standard InChI is InChI=1S/C12H11BrFN3O3/c13-11-3-7(4-15)10(5-16-11)20-9-1-2-17(12(18)19)6-8(9)14/h3,5,8-9H,1-2,6H2,(H,18,19)/t8-,9+/m1/s1. The minimum Gasteiger partial charge on any atom is -0.484 e. The summed E-state index contributed by atoms with van der Waals surface area (Å²) in [5, 5.41) is 17.8. The topological polar surface area (TPSA) is 86.5 Å². The number of hydrogen-bond donors (Lipinski definition) is 1. The molecule has 1 aliphatic heterocycles. The van der Waals surface area contributed by atoms with Crippen molar-refractivity contribution in [3.63, 3.8) is 0 Å². The average molecular weight is 344 g/mol. The molecule has 0 aliphatic carbocycles. The number of nitrogens with zero attached hydrogens (tertiary/aromatic N) is 3. The highest BCUT2D eigenvalue weighted by Gasteiger charge is 2.33. The van der Waals surface area contributed by atoms with Crippen LogP contribution < -0.4 is 4.74 Å². The second-order valence-corrected chi connectivity index (χ2v) is 5.12. The summed E-state index contributed by atoms with van der Waals surface area (Å²) in [4.78, 5) is 15.7. The number of rotatable bonds is 2. The molecule has 6 nitrogen and oxygen atoms in total. The highest BCUT2D eigenvalue weighted by molar-refractivity contribution is 9.10. The molecule has 1 aromatic heterocycles. The van der Waals surface area contributed by atoms with Crippen LogP contribution in [0.25, 0.3) is 0 Å². The largest absolute Gasteiger partial charge is 0.484 e. The Kier molecular flexibility index (Phi) is 4.39. The first-order valence-electron chi connectivity index (χ1n) is 5.85. The third kappa shape index (κ3) is 3.17. The van der Waals surface area contributed by atoms with Crippen LogP contribution in [0.2, 0.25) is 0 Å². The van der Waals surface area contributed by atoms with Gasteiger partial charge in [-0.1, -0.05) is 0 Å². The second-order valence-electron chi connectivity index (χ2n) is 4.30. The molecule has 1 fully saturated rings. The van der Waals surface area contributed by atoms with E-state index in [0.717, 1.165) is 4.90 Å². The molecule has 2 atom stereocenters. The van der Waals surface area contributed by atoms with Crippen LogP contribution in [0.15, 0.2) is 16.9 Å². The number of carboxylic acid groups (broad SMARTS) is 1. The Hall–Kier alpha value is -1.88. The summed E-state index contributed by atoms with van der Waals surface area (Å²) in [5.41, 5.74) is 0.250. The van der Waals surface area contributed by atoms with Gasteiger partial charge in [-0.3, -0.25) is 0 Å². The number of likely N-dealkylation sites (tertiary alicyclic amines) is 1. The van der Waals surface area contributed by atoms with E-state index >= 15 is 0 Å². The number of aromatic nitrogens is 1. The molecule has 0 radical (unpaired) electrons. The average Bonchev–Trinajstić information content (AvgIpc) is 2.42. The molecular weight excluding hydrogens is 333 g/mol. The maximum atomic E-state index is 13.9. The molecule has 2 rings (SSSR count). The van der Waals surface area contributed by atoms with Crippen LogP contribution in [0.4, 0.5) is 9.18 Å². The van der Waals surface area contributed by atoms with E-state index in [0.29, 0.717) is 4.60 Å². The number of pyridine rings is 1. The van der Waals surface area contributed by atoms with Crippen molar-refractivity contribution >= 4 is 22.0 Å². The number of nitriles is 1. The van der Waals surface area contributed by atoms with Gasteiger partial charge in [-0.15, -0.1) is 0 Å². The van der Waals surface area contributed by atoms with Gasteiger partial charge in [-0.25, -0.2) is 14.2 Å². The Labute approximate surface area is 122 Å². The lowest BCUT2D eigenvalue weighted by molar-refractivity contribution is 0.0246. The van der Waals surface area contributed by atoms with Gasteiger partial charge in [0.2, 0.25) is 0 Å². The lowest BCUT2D eigenvalue weighted by Crippen LogP contribution is -2.48. The second kappa shape index (κ2) is 6.05. The lowest BCUT2D eigenvalue weighted by atomic mass is 10.1. The third-order valence-electron chi connectivity index (χ3n) is 2.99. The monoisotopic (exact) mass is 343 g/mol. The zero-order chi connectivity index (χ0) is 14.7. The van der Waals surface area contributed by atoms with Crippen LogP contribution in [0.1, 0.15) is 12.0 Å². The number of amides is 1. The molecule has 8 heteroatoms. The van der Waals surface area contributed by atoms with E-state index in [-0.39, 0.29) is 30.8 Å². The molecule has 0 saturated carbocycles. The van der Waals surface area contributed by atoms with E-state index in [1.165, 1.54) is 12.3 Å². The molecule has 1 aliphatic rings. The number of halogens is 2. The van der Waals surface area contributed by atoms with Crippen LogP contribution in [0.5, 0.6) is 5.75 Å². The smallest absolute Gasteiger partial charge is 0.407 e. The first kappa shape index (κ1) is 14.5. The maximum Gasteiger partial charge on any atom is 0.407 e. The first-order chi connectivity index (χ1) is 9.51. The molecular formula is C12H11BrFN3O3. The van der Waals surface area contributed by atoms with Gasteiger partial charge in [0.05, 0.1) is 18.3 Å². The van der Waals surface area contributed by atoms with Gasteiger partial charge < -0.3 is 14.7 Å². The molecule has 0 unspecified atom stereocenters. The normalized spacial score (nSPS) is 22.1. The predicted molar refractivity (Wildman–Crippen MR) is 70.2 cm³/mol. The van der Waals surface area contributed by atoms with Gasteiger partial charge in [-0.2, -0.15) is 5.26 Å². The third-order valence-corrected chi connectivity index (χ3v) is 3.42. The fraction of sp³-hybridized carbons (Fsp3) is 0.417. The van der Waals surface area contributed by atoms with Crippen LogP contribution in [0, 0.1) is 11.3 Å². The molecule has 20 heavy (non-hydrogen) atoms. The summed E-state index contributed by atoms with van der Waals surface area (Å²) >= 11 is 3.13. The minimum absolute atomic E-state index is 0.201. The van der Waals surface area contributed by atoms with Crippen molar-refractivity contribution in [1.29, 1.82) is 5.26 Å². The van der Waals surface area contributed by atoms with E-state index in [9.17, 15) is 9.18 Å². The maximum absolute atomic E-state index is 13.9. The first-order valence-corrected chi connectivity index (χ1v) is 6.65. The van der Waals surface area contributed by atoms with Crippen LogP contribution in [-0.2, 0) is 0 Å². The Bertz CT molecular complexity index is 563. The van der Waals surface area contributed by atoms with Crippen LogP contribution in [-0.4, -0.2) is 46.4 Å². The number of hydrogen-bond acceptors (Lipinski definition) is 4. The summed E-state index contributed by atoms with van der Waals surface area (Å²) in [6.45, 7) is -0.0297. The molecule has 0 bridgehead atoms. The Morgan fingerprint density at radius 1 is 1.70 bits per heavy atom. The fourth-order valence-electron chi connectivity index (χ4n) is 1.95. The summed E-state index contributed by atoms with van der Waals surface area (Å²) in [6, 6.07) is 3.43. The van der Waals surface area contributed by atoms with Crippen molar-refractivity contribution in [3.8, 4) is 11.8 Å². The Morgan fingerprint density at radius 2 is 2.45 bits per heavy atom. The molecule has 2 heterocycles. The summed E-state index contributed by atoms with van der Waals surface area (Å²) in [5.74, 6) is 0.201. The van der Waals surface area contributed by atoms with Gasteiger partial charge in [0.15, 0.2) is 11.9 Å². The summed E-state index contributed by atoms with van der Waals surface area (Å²) in [7, 11) is 0. The van der Waals surface area contributed by atoms with Gasteiger partial charge in [0, 0.05) is 13.0 Å². The molecule has 1 aromatic rings. The van der Waals surface area contributed by atoms with Gasteiger partial charge in [-0.05, 0) is 22.0 Å². The van der Waals surface area contributed by atoms with E-state index in [1.807, 2.05) is 6.07 Å². The van der Waals surface area contributed by atoms with Crippen LogP contribution >= 0.6 is 15.9 Å². The highest BCUT2D eigenvalue weighted by atomic mass is 79.9. The number of piperidine rings is 1. The van der Waals surface area contributed by atoms with Crippen molar-refractivity contribution in [2.24, 2.45) is 0 Å². The molecule has 0 aromatic carbocycles. The molecule has 1 N–H and O–H groups in total. The fourth-order valence-corrected chi connectivity index (χ4v) is 2.28. The number of carbonyl (C=O) groups is 1. The van der Waals surface area contributed by atoms with E-state index in [2.05, 4.69) is 20.9 Å². The summed E-state index contributed by atoms with van der Waals surface area (Å²) < 4.78 is 19.9. The van der Waals surface area contributed by atoms with Crippen molar-refractivity contribution in [2.45, 2.75) is 18.7 Å². The molecule has 0 spiro atoms. The summed E-state index contributed by atoms with van der Waals surface area (Å²) in [6.07, 6.45) is -1.78. The van der Waals surface area contributed by atoms with E-state index in [1.54, 1.807) is 0 Å². The SMILES string of the molecule is N#Cc1cc(Br)ncc1O[C@H]1CCN(C(=O)O)C[C@H]1F. The van der Waals surface area contributed by atoms with Crippen molar-refractivity contribution < 1.29 is 19.0 Å². The zero-order valence-electron chi connectivity index (χ0n) is 10.3. The van der Waals surface area contributed by atoms with E-state index in [4.69, 9.17) is 15.1 Å². The highest BCUT2D eigenvalue weighted by Crippen LogP contribution is 2.25. The Morgan fingerprint density at radius 3 is 3.05 bits per heavy atom. The predicted octanol–water partition coefficient (Wildman–Crippen LogP) is 2.18. The van der Waals surface area contributed by atoms with Crippen molar-refractivity contribution in [2.75, 3.05) is 13.1 Å². The van der Waals surface area contributed by atoms with Gasteiger partial charge >= 0.3 is 6.09 Å². The number of alkyl halides is 1.